The number of hydrogen-bond donors (Lipinski definition) is 1. The van der Waals surface area contributed by atoms with Crippen molar-refractivity contribution >= 4 is 18.0 Å². The van der Waals surface area contributed by atoms with E-state index in [-0.39, 0.29) is 31.1 Å². The van der Waals surface area contributed by atoms with Gasteiger partial charge in [-0.05, 0) is 54.0 Å². The number of carbonyl (C=O) groups is 3. The van der Waals surface area contributed by atoms with Crippen molar-refractivity contribution in [1.29, 1.82) is 0 Å². The summed E-state index contributed by atoms with van der Waals surface area (Å²) >= 11 is 0. The Bertz CT molecular complexity index is 456. The second kappa shape index (κ2) is 16.0. The lowest BCUT2D eigenvalue weighted by molar-refractivity contribution is -0.148. The Kier molecular flexibility index (Phi) is 15.0. The number of ether oxygens (including phenoxy) is 3. The van der Waals surface area contributed by atoms with Gasteiger partial charge in [-0.1, -0.05) is 25.7 Å². The predicted octanol–water partition coefficient (Wildman–Crippen LogP) is 3.28. The number of hydrogen-bond acceptors (Lipinski definition) is 7. The van der Waals surface area contributed by atoms with Crippen molar-refractivity contribution in [3.63, 3.8) is 0 Å². The standard InChI is InChI=1S/C21H40N2O6/c1-6-27-18(24)16-23(17-19(25)28-7-2)15-13-11-9-8-10-12-14-22-20(26)29-21(3,4)5/h6-17H2,1-5H3,(H,22,26). The number of amides is 1. The van der Waals surface area contributed by atoms with Gasteiger partial charge in [-0.3, -0.25) is 14.5 Å². The first-order chi connectivity index (χ1) is 13.7. The molecule has 0 radical (unpaired) electrons. The minimum atomic E-state index is -0.474. The summed E-state index contributed by atoms with van der Waals surface area (Å²) in [4.78, 5) is 36.7. The van der Waals surface area contributed by atoms with Gasteiger partial charge in [0.15, 0.2) is 0 Å². The van der Waals surface area contributed by atoms with Gasteiger partial charge in [-0.15, -0.1) is 0 Å². The van der Waals surface area contributed by atoms with Crippen LogP contribution in [0.25, 0.3) is 0 Å². The van der Waals surface area contributed by atoms with E-state index in [1.54, 1.807) is 18.7 Å². The lowest BCUT2D eigenvalue weighted by Crippen LogP contribution is -2.36. The summed E-state index contributed by atoms with van der Waals surface area (Å²) in [5.41, 5.74) is -0.474. The summed E-state index contributed by atoms with van der Waals surface area (Å²) < 4.78 is 15.1. The zero-order valence-corrected chi connectivity index (χ0v) is 18.9. The summed E-state index contributed by atoms with van der Waals surface area (Å²) in [5, 5.41) is 2.76. The van der Waals surface area contributed by atoms with Gasteiger partial charge in [0.1, 0.15) is 5.60 Å². The molecule has 1 N–H and O–H groups in total. The van der Waals surface area contributed by atoms with Crippen molar-refractivity contribution in [3.8, 4) is 0 Å². The molecule has 0 heterocycles. The van der Waals surface area contributed by atoms with E-state index in [1.807, 2.05) is 20.8 Å². The number of nitrogens with one attached hydrogen (secondary N) is 1. The van der Waals surface area contributed by atoms with Crippen molar-refractivity contribution in [2.75, 3.05) is 39.4 Å². The first-order valence-electron chi connectivity index (χ1n) is 10.7. The van der Waals surface area contributed by atoms with Crippen LogP contribution in [-0.4, -0.2) is 67.9 Å². The van der Waals surface area contributed by atoms with Crippen LogP contribution in [0.4, 0.5) is 4.79 Å². The summed E-state index contributed by atoms with van der Waals surface area (Å²) in [7, 11) is 0. The van der Waals surface area contributed by atoms with E-state index in [2.05, 4.69) is 5.32 Å². The third-order valence-electron chi connectivity index (χ3n) is 3.89. The molecule has 0 saturated carbocycles. The second-order valence-corrected chi connectivity index (χ2v) is 7.87. The molecule has 0 saturated heterocycles. The van der Waals surface area contributed by atoms with Crippen LogP contribution in [0, 0.1) is 0 Å². The fraction of sp³-hybridized carbons (Fsp3) is 0.857. The van der Waals surface area contributed by atoms with Crippen molar-refractivity contribution < 1.29 is 28.6 Å². The van der Waals surface area contributed by atoms with Crippen LogP contribution in [0.3, 0.4) is 0 Å². The molecule has 0 fully saturated rings. The van der Waals surface area contributed by atoms with Gasteiger partial charge in [-0.25, -0.2) is 4.79 Å². The Morgan fingerprint density at radius 3 is 1.76 bits per heavy atom. The molecule has 170 valence electrons. The first-order valence-corrected chi connectivity index (χ1v) is 10.7. The highest BCUT2D eigenvalue weighted by atomic mass is 16.6. The molecule has 0 aromatic heterocycles. The number of unbranched alkanes of at least 4 members (excludes halogenated alkanes) is 5. The van der Waals surface area contributed by atoms with Gasteiger partial charge in [0.25, 0.3) is 0 Å². The smallest absolute Gasteiger partial charge is 0.407 e. The Balaban J connectivity index is 3.89. The molecule has 8 nitrogen and oxygen atoms in total. The molecule has 0 unspecified atom stereocenters. The molecule has 29 heavy (non-hydrogen) atoms. The molecule has 0 aromatic carbocycles. The van der Waals surface area contributed by atoms with Gasteiger partial charge in [0.05, 0.1) is 26.3 Å². The van der Waals surface area contributed by atoms with Gasteiger partial charge in [-0.2, -0.15) is 0 Å². The summed E-state index contributed by atoms with van der Waals surface area (Å²) in [6.07, 6.45) is 5.63. The van der Waals surface area contributed by atoms with Crippen LogP contribution in [0.5, 0.6) is 0 Å². The second-order valence-electron chi connectivity index (χ2n) is 7.87. The van der Waals surface area contributed by atoms with E-state index >= 15 is 0 Å². The van der Waals surface area contributed by atoms with E-state index in [1.165, 1.54) is 0 Å². The average Bonchev–Trinajstić information content (AvgIpc) is 2.58. The SMILES string of the molecule is CCOC(=O)CN(CCCCCCCCNC(=O)OC(C)(C)C)CC(=O)OCC. The molecule has 0 atom stereocenters. The van der Waals surface area contributed by atoms with E-state index in [4.69, 9.17) is 14.2 Å². The molecule has 0 aliphatic heterocycles. The Morgan fingerprint density at radius 2 is 1.28 bits per heavy atom. The van der Waals surface area contributed by atoms with Crippen LogP contribution >= 0.6 is 0 Å². The van der Waals surface area contributed by atoms with Gasteiger partial charge >= 0.3 is 18.0 Å². The van der Waals surface area contributed by atoms with Crippen molar-refractivity contribution in [2.45, 2.75) is 78.7 Å². The number of rotatable bonds is 15. The highest BCUT2D eigenvalue weighted by molar-refractivity contribution is 5.75. The highest BCUT2D eigenvalue weighted by Crippen LogP contribution is 2.08. The summed E-state index contributed by atoms with van der Waals surface area (Å²) in [6.45, 7) is 11.2. The quantitative estimate of drug-likeness (QED) is 0.249. The molecule has 0 aliphatic carbocycles. The van der Waals surface area contributed by atoms with E-state index in [0.29, 0.717) is 26.3 Å². The molecule has 0 spiro atoms. The Morgan fingerprint density at radius 1 is 0.793 bits per heavy atom. The first kappa shape index (κ1) is 27.2. The molecule has 1 amide bonds. The van der Waals surface area contributed by atoms with Crippen LogP contribution in [0.1, 0.15) is 73.1 Å². The molecular weight excluding hydrogens is 376 g/mol. The predicted molar refractivity (Wildman–Crippen MR) is 112 cm³/mol. The Labute approximate surface area is 175 Å². The van der Waals surface area contributed by atoms with Crippen LogP contribution in [0.2, 0.25) is 0 Å². The lowest BCUT2D eigenvalue weighted by Gasteiger charge is -2.20. The van der Waals surface area contributed by atoms with E-state index < -0.39 is 5.60 Å². The van der Waals surface area contributed by atoms with Crippen molar-refractivity contribution in [3.05, 3.63) is 0 Å². The maximum atomic E-state index is 11.7. The van der Waals surface area contributed by atoms with Crippen LogP contribution in [-0.2, 0) is 23.8 Å². The van der Waals surface area contributed by atoms with Gasteiger partial charge in [0.2, 0.25) is 0 Å². The molecule has 0 bridgehead atoms. The topological polar surface area (TPSA) is 94.2 Å². The average molecular weight is 417 g/mol. The molecule has 0 aromatic rings. The molecule has 0 aliphatic rings. The van der Waals surface area contributed by atoms with Crippen molar-refractivity contribution in [1.82, 2.24) is 10.2 Å². The highest BCUT2D eigenvalue weighted by Gasteiger charge is 2.16. The minimum absolute atomic E-state index is 0.100. The maximum absolute atomic E-state index is 11.7. The number of carbonyl (C=O) groups excluding carboxylic acids is 3. The maximum Gasteiger partial charge on any atom is 0.407 e. The van der Waals surface area contributed by atoms with E-state index in [9.17, 15) is 14.4 Å². The van der Waals surface area contributed by atoms with Crippen LogP contribution < -0.4 is 5.32 Å². The largest absolute Gasteiger partial charge is 0.465 e. The fourth-order valence-electron chi connectivity index (χ4n) is 2.66. The molecule has 8 heteroatoms. The monoisotopic (exact) mass is 416 g/mol. The van der Waals surface area contributed by atoms with E-state index in [0.717, 1.165) is 38.5 Å². The van der Waals surface area contributed by atoms with Gasteiger partial charge < -0.3 is 19.5 Å². The van der Waals surface area contributed by atoms with Gasteiger partial charge in [0, 0.05) is 6.54 Å². The number of esters is 2. The fourth-order valence-corrected chi connectivity index (χ4v) is 2.66. The van der Waals surface area contributed by atoms with Crippen LogP contribution in [0.15, 0.2) is 0 Å². The number of nitrogens with zero attached hydrogens (tertiary/aromatic N) is 1. The summed E-state index contributed by atoms with van der Waals surface area (Å²) in [6, 6.07) is 0. The van der Waals surface area contributed by atoms with Crippen molar-refractivity contribution in [2.24, 2.45) is 0 Å². The zero-order chi connectivity index (χ0) is 22.1. The minimum Gasteiger partial charge on any atom is -0.465 e. The normalized spacial score (nSPS) is 11.2. The lowest BCUT2D eigenvalue weighted by atomic mass is 10.1. The number of alkyl carbamates (subject to hydrolysis) is 1. The molecule has 0 rings (SSSR count). The molecular formula is C21H40N2O6. The summed E-state index contributed by atoms with van der Waals surface area (Å²) in [5.74, 6) is -0.649. The third kappa shape index (κ3) is 18.0. The third-order valence-corrected chi connectivity index (χ3v) is 3.89. The Hall–Kier alpha value is -1.83. The zero-order valence-electron chi connectivity index (χ0n) is 18.9.